The number of fused-ring (bicyclic) bond motifs is 1. The molecule has 2 N–H and O–H groups in total. The lowest BCUT2D eigenvalue weighted by atomic mass is 10.1. The van der Waals surface area contributed by atoms with Gasteiger partial charge in [-0.3, -0.25) is 9.10 Å². The number of aromatic hydroxyl groups is 1. The topological polar surface area (TPSA) is 115 Å². The van der Waals surface area contributed by atoms with E-state index in [2.05, 4.69) is 15.2 Å². The Morgan fingerprint density at radius 3 is 2.41 bits per heavy atom. The number of anilines is 1. The molecule has 0 unspecified atom stereocenters. The van der Waals surface area contributed by atoms with E-state index in [0.29, 0.717) is 23.0 Å². The van der Waals surface area contributed by atoms with Crippen molar-refractivity contribution in [1.82, 2.24) is 4.98 Å². The zero-order valence-corrected chi connectivity index (χ0v) is 19.6. The molecule has 0 fully saturated rings. The van der Waals surface area contributed by atoms with Crippen LogP contribution in [0.25, 0.3) is 10.9 Å². The van der Waals surface area contributed by atoms with Gasteiger partial charge in [0.1, 0.15) is 6.54 Å². The molecule has 0 atom stereocenters. The number of hydrogen-bond acceptors (Lipinski definition) is 5. The molecule has 9 heteroatoms. The largest absolute Gasteiger partial charge is 0.493 e. The van der Waals surface area contributed by atoms with Crippen LogP contribution in [0, 0.1) is 6.92 Å². The van der Waals surface area contributed by atoms with Crippen LogP contribution in [0.15, 0.2) is 87.9 Å². The van der Waals surface area contributed by atoms with Crippen molar-refractivity contribution in [3.8, 4) is 5.88 Å². The summed E-state index contributed by atoms with van der Waals surface area (Å²) >= 11 is 0. The van der Waals surface area contributed by atoms with Gasteiger partial charge in [-0.2, -0.15) is 0 Å². The summed E-state index contributed by atoms with van der Waals surface area (Å²) < 4.78 is 28.2. The summed E-state index contributed by atoms with van der Waals surface area (Å²) in [5.41, 5.74) is 2.86. The third-order valence-corrected chi connectivity index (χ3v) is 7.22. The highest BCUT2D eigenvalue weighted by Gasteiger charge is 2.28. The lowest BCUT2D eigenvalue weighted by molar-refractivity contribution is -0.116. The van der Waals surface area contributed by atoms with Crippen LogP contribution in [0.4, 0.5) is 11.4 Å². The summed E-state index contributed by atoms with van der Waals surface area (Å²) in [5, 5.41) is 18.4. The normalized spacial score (nSPS) is 11.8. The minimum atomic E-state index is -4.06. The molecule has 0 spiro atoms. The number of nitrogens with zero attached hydrogens (tertiary/aromatic N) is 3. The zero-order valence-electron chi connectivity index (χ0n) is 18.8. The van der Waals surface area contributed by atoms with Gasteiger partial charge in [0.15, 0.2) is 5.69 Å². The average Bonchev–Trinajstić information content (AvgIpc) is 3.16. The summed E-state index contributed by atoms with van der Waals surface area (Å²) in [6, 6.07) is 20.5. The third kappa shape index (κ3) is 4.55. The highest BCUT2D eigenvalue weighted by Crippen LogP contribution is 2.35. The Bertz CT molecular complexity index is 1470. The Labute approximate surface area is 197 Å². The van der Waals surface area contributed by atoms with Gasteiger partial charge < -0.3 is 10.1 Å². The van der Waals surface area contributed by atoms with Gasteiger partial charge in [-0.05, 0) is 43.2 Å². The van der Waals surface area contributed by atoms with E-state index in [-0.39, 0.29) is 16.5 Å². The highest BCUT2D eigenvalue weighted by atomic mass is 32.2. The number of benzene rings is 3. The van der Waals surface area contributed by atoms with Gasteiger partial charge in [-0.1, -0.05) is 61.0 Å². The Morgan fingerprint density at radius 2 is 1.68 bits per heavy atom. The van der Waals surface area contributed by atoms with E-state index in [4.69, 9.17) is 0 Å². The average molecular weight is 477 g/mol. The molecule has 0 saturated carbocycles. The van der Waals surface area contributed by atoms with Gasteiger partial charge >= 0.3 is 0 Å². The fourth-order valence-electron chi connectivity index (χ4n) is 3.66. The second kappa shape index (κ2) is 9.48. The standard InChI is InChI=1S/C25H24N4O4S/c1-3-18-8-4-7-11-22(18)29(34(32,33)19-14-12-17(2)13-15-19)16-23(30)27-28-24-20-9-5-6-10-21(20)26-25(24)31/h4-15,26,31H,3,16H2,1-2H3. The molecule has 4 rings (SSSR count). The van der Waals surface area contributed by atoms with Crippen LogP contribution in [-0.4, -0.2) is 31.0 Å². The number of aryl methyl sites for hydroxylation is 2. The molecule has 8 nitrogen and oxygen atoms in total. The van der Waals surface area contributed by atoms with E-state index in [1.807, 2.05) is 26.0 Å². The molecule has 3 aromatic carbocycles. The summed E-state index contributed by atoms with van der Waals surface area (Å²) in [6.07, 6.45) is 0.578. The van der Waals surface area contributed by atoms with Crippen LogP contribution in [0.2, 0.25) is 0 Å². The van der Waals surface area contributed by atoms with Crippen LogP contribution in [0.5, 0.6) is 5.88 Å². The number of sulfonamides is 1. The Morgan fingerprint density at radius 1 is 1.00 bits per heavy atom. The van der Waals surface area contributed by atoms with E-state index >= 15 is 0 Å². The summed E-state index contributed by atoms with van der Waals surface area (Å²) in [4.78, 5) is 15.7. The van der Waals surface area contributed by atoms with Crippen LogP contribution in [0.3, 0.4) is 0 Å². The van der Waals surface area contributed by atoms with Crippen molar-refractivity contribution in [2.75, 3.05) is 10.8 Å². The summed E-state index contributed by atoms with van der Waals surface area (Å²) in [6.45, 7) is 3.24. The highest BCUT2D eigenvalue weighted by molar-refractivity contribution is 7.92. The number of H-pyrrole nitrogens is 1. The number of nitrogens with one attached hydrogen (secondary N) is 1. The second-order valence-corrected chi connectivity index (χ2v) is 9.63. The van der Waals surface area contributed by atoms with Crippen LogP contribution in [0.1, 0.15) is 18.1 Å². The summed E-state index contributed by atoms with van der Waals surface area (Å²) in [7, 11) is -4.06. The van der Waals surface area contributed by atoms with Gasteiger partial charge in [-0.25, -0.2) is 8.42 Å². The number of carbonyl (C=O) groups is 1. The van der Waals surface area contributed by atoms with E-state index in [1.165, 1.54) is 12.1 Å². The van der Waals surface area contributed by atoms with Crippen molar-refractivity contribution in [3.05, 3.63) is 83.9 Å². The van der Waals surface area contributed by atoms with Gasteiger partial charge in [0.25, 0.3) is 15.9 Å². The smallest absolute Gasteiger partial charge is 0.285 e. The monoisotopic (exact) mass is 476 g/mol. The van der Waals surface area contributed by atoms with Gasteiger partial charge in [-0.15, -0.1) is 10.2 Å². The summed E-state index contributed by atoms with van der Waals surface area (Å²) in [5.74, 6) is -0.996. The number of amides is 1. The van der Waals surface area contributed by atoms with E-state index in [9.17, 15) is 18.3 Å². The molecule has 0 aliphatic carbocycles. The molecule has 1 amide bonds. The van der Waals surface area contributed by atoms with E-state index in [0.717, 1.165) is 15.4 Å². The number of aromatic amines is 1. The maximum absolute atomic E-state index is 13.6. The lowest BCUT2D eigenvalue weighted by Gasteiger charge is -2.25. The number of rotatable bonds is 7. The first-order valence-corrected chi connectivity index (χ1v) is 12.2. The molecule has 1 aromatic heterocycles. The fourth-order valence-corrected chi connectivity index (χ4v) is 5.12. The van der Waals surface area contributed by atoms with Gasteiger partial charge in [0.05, 0.1) is 16.1 Å². The van der Waals surface area contributed by atoms with Crippen molar-refractivity contribution in [2.45, 2.75) is 25.2 Å². The zero-order chi connectivity index (χ0) is 24.3. The maximum Gasteiger partial charge on any atom is 0.285 e. The minimum absolute atomic E-state index is 0.0722. The predicted octanol–water partition coefficient (Wildman–Crippen LogP) is 5.25. The molecule has 0 aliphatic heterocycles. The first-order valence-electron chi connectivity index (χ1n) is 10.7. The molecular weight excluding hydrogens is 452 g/mol. The number of aromatic nitrogens is 1. The molecule has 174 valence electrons. The van der Waals surface area contributed by atoms with Crippen molar-refractivity contribution >= 4 is 38.2 Å². The number of carbonyl (C=O) groups excluding carboxylic acids is 1. The molecule has 34 heavy (non-hydrogen) atoms. The number of para-hydroxylation sites is 2. The maximum atomic E-state index is 13.6. The molecule has 4 aromatic rings. The molecular formula is C25H24N4O4S. The fraction of sp³-hybridized carbons (Fsp3) is 0.160. The molecule has 0 saturated heterocycles. The van der Waals surface area contributed by atoms with Crippen molar-refractivity contribution in [1.29, 1.82) is 0 Å². The van der Waals surface area contributed by atoms with Gasteiger partial charge in [0.2, 0.25) is 5.88 Å². The first kappa shape index (κ1) is 23.2. The Hall–Kier alpha value is -3.98. The van der Waals surface area contributed by atoms with E-state index < -0.39 is 22.5 Å². The second-order valence-electron chi connectivity index (χ2n) is 7.77. The Balaban J connectivity index is 1.71. The minimum Gasteiger partial charge on any atom is -0.493 e. The van der Waals surface area contributed by atoms with Gasteiger partial charge in [0, 0.05) is 5.39 Å². The SMILES string of the molecule is CCc1ccccc1N(CC(=O)N=Nc1c(O)[nH]c2ccccc12)S(=O)(=O)c1ccc(C)cc1. The molecule has 0 radical (unpaired) electrons. The van der Waals surface area contributed by atoms with Crippen molar-refractivity contribution < 1.29 is 18.3 Å². The lowest BCUT2D eigenvalue weighted by Crippen LogP contribution is -2.36. The van der Waals surface area contributed by atoms with Crippen LogP contribution >= 0.6 is 0 Å². The molecule has 1 heterocycles. The Kier molecular flexibility index (Phi) is 6.47. The number of hydrogen-bond donors (Lipinski definition) is 2. The quantitative estimate of drug-likeness (QED) is 0.354. The predicted molar refractivity (Wildman–Crippen MR) is 131 cm³/mol. The molecule has 0 aliphatic rings. The van der Waals surface area contributed by atoms with E-state index in [1.54, 1.807) is 48.5 Å². The first-order chi connectivity index (χ1) is 16.3. The van der Waals surface area contributed by atoms with Crippen molar-refractivity contribution in [2.24, 2.45) is 10.2 Å². The van der Waals surface area contributed by atoms with Crippen LogP contribution < -0.4 is 4.31 Å². The molecule has 0 bridgehead atoms. The number of azo groups is 1. The van der Waals surface area contributed by atoms with Crippen molar-refractivity contribution in [3.63, 3.8) is 0 Å². The van der Waals surface area contributed by atoms with Crippen LogP contribution in [-0.2, 0) is 21.2 Å². The third-order valence-electron chi connectivity index (χ3n) is 5.45.